The summed E-state index contributed by atoms with van der Waals surface area (Å²) in [5.74, 6) is -0.0806. The van der Waals surface area contributed by atoms with Crippen molar-refractivity contribution in [2.24, 2.45) is 27.6 Å². The van der Waals surface area contributed by atoms with Crippen LogP contribution < -0.4 is 0 Å². The van der Waals surface area contributed by atoms with Crippen LogP contribution in [0.2, 0.25) is 0 Å². The Morgan fingerprint density at radius 1 is 0.886 bits per heavy atom. The van der Waals surface area contributed by atoms with Crippen molar-refractivity contribution in [3.05, 3.63) is 23.3 Å². The van der Waals surface area contributed by atoms with Crippen molar-refractivity contribution < 1.29 is 44.2 Å². The number of cyclic esters (lactones) is 1. The number of allylic oxidation sites excluding steroid dienone is 4. The molecule has 0 radical (unpaired) electrons. The molecule has 5 fully saturated rings. The van der Waals surface area contributed by atoms with Crippen LogP contribution in [0.3, 0.4) is 0 Å². The van der Waals surface area contributed by atoms with Crippen molar-refractivity contribution >= 4 is 5.97 Å². The van der Waals surface area contributed by atoms with E-state index in [0.29, 0.717) is 19.3 Å². The lowest BCUT2D eigenvalue weighted by Crippen LogP contribution is -2.64. The molecule has 3 heterocycles. The number of fused-ring (bicyclic) bond motifs is 4. The Hall–Kier alpha value is -1.33. The third-order valence-corrected chi connectivity index (χ3v) is 14.0. The standard InChI is InChI=1S/C35H52O9/c1-29(2)13-11-24(43-29)33(7)35(40)17-16-32(6)20-8-9-22-30(3,4)23(42-27-26(38)25(37)21(36)18-41-27)12-14-31(22,5)19(20)10-15-34(32,35)28(39)44-33/h8,10,21-27,36-38,40H,9,11-18H2,1-7H3/t21-,22+,23+,24+,25+,26-,27+,31-,32+,33+,34-,35+/m1/s1. The van der Waals surface area contributed by atoms with Crippen molar-refractivity contribution in [2.45, 2.75) is 153 Å². The van der Waals surface area contributed by atoms with Crippen molar-refractivity contribution in [1.29, 1.82) is 0 Å². The number of ether oxygens (including phenoxy) is 4. The molecule has 0 aromatic carbocycles. The summed E-state index contributed by atoms with van der Waals surface area (Å²) in [5.41, 5.74) is -2.43. The molecule has 0 aromatic rings. The molecule has 0 amide bonds. The maximum Gasteiger partial charge on any atom is 0.317 e. The van der Waals surface area contributed by atoms with E-state index in [9.17, 15) is 25.2 Å². The fraction of sp³-hybridized carbons (Fsp3) is 0.857. The number of carbonyl (C=O) groups is 1. The first-order valence-electron chi connectivity index (χ1n) is 16.7. The van der Waals surface area contributed by atoms with Crippen LogP contribution in [0.5, 0.6) is 0 Å². The maximum atomic E-state index is 14.2. The highest BCUT2D eigenvalue weighted by Crippen LogP contribution is 2.76. The first-order valence-corrected chi connectivity index (χ1v) is 16.7. The van der Waals surface area contributed by atoms with Crippen LogP contribution in [-0.4, -0.2) is 86.6 Å². The van der Waals surface area contributed by atoms with Gasteiger partial charge in [0.25, 0.3) is 0 Å². The highest BCUT2D eigenvalue weighted by atomic mass is 16.7. The average molecular weight is 617 g/mol. The summed E-state index contributed by atoms with van der Waals surface area (Å²) in [6.45, 7) is 14.9. The Morgan fingerprint density at radius 2 is 1.61 bits per heavy atom. The van der Waals surface area contributed by atoms with Gasteiger partial charge in [0.15, 0.2) is 11.9 Å². The lowest BCUT2D eigenvalue weighted by atomic mass is 9.43. The van der Waals surface area contributed by atoms with Crippen LogP contribution in [-0.2, 0) is 23.7 Å². The zero-order chi connectivity index (χ0) is 31.9. The molecule has 4 N–H and O–H groups in total. The fourth-order valence-corrected chi connectivity index (χ4v) is 11.3. The van der Waals surface area contributed by atoms with Crippen LogP contribution in [0, 0.1) is 27.6 Å². The maximum absolute atomic E-state index is 14.2. The molecule has 0 unspecified atom stereocenters. The molecule has 12 atom stereocenters. The van der Waals surface area contributed by atoms with Gasteiger partial charge in [-0.2, -0.15) is 0 Å². The van der Waals surface area contributed by atoms with Gasteiger partial charge in [0.1, 0.15) is 35.4 Å². The third kappa shape index (κ3) is 3.64. The zero-order valence-electron chi connectivity index (χ0n) is 27.4. The highest BCUT2D eigenvalue weighted by molar-refractivity contribution is 5.87. The molecule has 2 saturated carbocycles. The topological polar surface area (TPSA) is 135 Å². The minimum absolute atomic E-state index is 0.0883. The summed E-state index contributed by atoms with van der Waals surface area (Å²) >= 11 is 0. The molecule has 9 nitrogen and oxygen atoms in total. The molecule has 3 aliphatic heterocycles. The summed E-state index contributed by atoms with van der Waals surface area (Å²) in [5, 5.41) is 43.4. The number of carbonyl (C=O) groups excluding carboxylic acids is 1. The van der Waals surface area contributed by atoms with E-state index in [2.05, 4.69) is 53.7 Å². The van der Waals surface area contributed by atoms with E-state index in [1.165, 1.54) is 11.1 Å². The van der Waals surface area contributed by atoms with Crippen LogP contribution in [0.4, 0.5) is 0 Å². The summed E-state index contributed by atoms with van der Waals surface area (Å²) in [7, 11) is 0. The zero-order valence-corrected chi connectivity index (χ0v) is 27.4. The minimum atomic E-state index is -1.35. The molecule has 0 aromatic heterocycles. The Labute approximate surface area is 261 Å². The van der Waals surface area contributed by atoms with Gasteiger partial charge in [0, 0.05) is 5.41 Å². The summed E-state index contributed by atoms with van der Waals surface area (Å²) in [6, 6.07) is 0. The Bertz CT molecular complexity index is 1300. The first kappa shape index (κ1) is 31.3. The second-order valence-electron chi connectivity index (χ2n) is 16.9. The van der Waals surface area contributed by atoms with E-state index in [4.69, 9.17) is 18.9 Å². The lowest BCUT2D eigenvalue weighted by molar-refractivity contribution is -0.301. The second-order valence-corrected chi connectivity index (χ2v) is 16.9. The van der Waals surface area contributed by atoms with Crippen LogP contribution in [0.25, 0.3) is 0 Å². The van der Waals surface area contributed by atoms with E-state index in [-0.39, 0.29) is 47.1 Å². The van der Waals surface area contributed by atoms with Gasteiger partial charge in [0.2, 0.25) is 0 Å². The number of hydrogen-bond acceptors (Lipinski definition) is 9. The number of esters is 1. The van der Waals surface area contributed by atoms with Crippen LogP contribution >= 0.6 is 0 Å². The summed E-state index contributed by atoms with van der Waals surface area (Å²) < 4.78 is 24.8. The van der Waals surface area contributed by atoms with Gasteiger partial charge in [-0.1, -0.05) is 39.8 Å². The van der Waals surface area contributed by atoms with Gasteiger partial charge in [-0.3, -0.25) is 4.79 Å². The molecule has 3 saturated heterocycles. The second kappa shape index (κ2) is 9.39. The van der Waals surface area contributed by atoms with Gasteiger partial charge in [-0.05, 0) is 100 Å². The molecular weight excluding hydrogens is 564 g/mol. The summed E-state index contributed by atoms with van der Waals surface area (Å²) in [4.78, 5) is 14.2. The van der Waals surface area contributed by atoms with E-state index in [1.54, 1.807) is 0 Å². The van der Waals surface area contributed by atoms with E-state index in [1.807, 2.05) is 6.92 Å². The molecule has 9 heteroatoms. The molecule has 4 aliphatic carbocycles. The first-order chi connectivity index (χ1) is 20.4. The Balaban J connectivity index is 1.20. The fourth-order valence-electron chi connectivity index (χ4n) is 11.3. The van der Waals surface area contributed by atoms with Gasteiger partial charge in [0.05, 0.1) is 18.3 Å². The molecule has 7 aliphatic rings. The highest BCUT2D eigenvalue weighted by Gasteiger charge is 2.84. The predicted molar refractivity (Wildman–Crippen MR) is 160 cm³/mol. The predicted octanol–water partition coefficient (Wildman–Crippen LogP) is 3.70. The van der Waals surface area contributed by atoms with Crippen molar-refractivity contribution in [3.8, 4) is 0 Å². The molecule has 44 heavy (non-hydrogen) atoms. The molecule has 1 spiro atoms. The molecule has 7 rings (SSSR count). The molecule has 0 bridgehead atoms. The molecular formula is C35H52O9. The quantitative estimate of drug-likeness (QED) is 0.350. The third-order valence-electron chi connectivity index (χ3n) is 14.0. The van der Waals surface area contributed by atoms with E-state index < -0.39 is 46.6 Å². The van der Waals surface area contributed by atoms with E-state index in [0.717, 1.165) is 32.1 Å². The monoisotopic (exact) mass is 616 g/mol. The van der Waals surface area contributed by atoms with Crippen LogP contribution in [0.1, 0.15) is 99.8 Å². The lowest BCUT2D eigenvalue weighted by Gasteiger charge is -2.61. The number of aliphatic hydroxyl groups is 4. The minimum Gasteiger partial charge on any atom is -0.453 e. The van der Waals surface area contributed by atoms with Gasteiger partial charge < -0.3 is 39.4 Å². The average Bonchev–Trinajstić information content (AvgIpc) is 3.50. The largest absolute Gasteiger partial charge is 0.453 e. The van der Waals surface area contributed by atoms with Gasteiger partial charge >= 0.3 is 5.97 Å². The number of rotatable bonds is 3. The Morgan fingerprint density at radius 3 is 2.30 bits per heavy atom. The van der Waals surface area contributed by atoms with Crippen molar-refractivity contribution in [1.82, 2.24) is 0 Å². The van der Waals surface area contributed by atoms with Crippen LogP contribution in [0.15, 0.2) is 23.3 Å². The van der Waals surface area contributed by atoms with Gasteiger partial charge in [-0.25, -0.2) is 0 Å². The number of aliphatic hydroxyl groups excluding tert-OH is 3. The normalized spacial score (nSPS) is 54.0. The van der Waals surface area contributed by atoms with E-state index >= 15 is 0 Å². The van der Waals surface area contributed by atoms with Gasteiger partial charge in [-0.15, -0.1) is 0 Å². The summed E-state index contributed by atoms with van der Waals surface area (Å²) in [6.07, 6.45) is 4.80. The van der Waals surface area contributed by atoms with Crippen molar-refractivity contribution in [2.75, 3.05) is 6.61 Å². The molecule has 246 valence electrons. The smallest absolute Gasteiger partial charge is 0.317 e. The van der Waals surface area contributed by atoms with Crippen molar-refractivity contribution in [3.63, 3.8) is 0 Å². The number of hydrogen-bond donors (Lipinski definition) is 4. The SMILES string of the molecule is CC1(C)CC[C@@H]([C@]2(C)OC(=O)[C@]34CC=C5C(=CC[C@H]6C(C)(C)[C@@H](O[C@@H]7OC[C@@H](O)[C@H](O)[C@H]7O)CC[C@]56C)[C@]3(C)CC[C@@]42O)O1. The Kier molecular flexibility index (Phi) is 6.68.